The van der Waals surface area contributed by atoms with Crippen LogP contribution in [0.3, 0.4) is 0 Å². The van der Waals surface area contributed by atoms with Crippen LogP contribution in [0.2, 0.25) is 0 Å². The molecule has 1 aliphatic rings. The number of hydrogen-bond donors (Lipinski definition) is 2. The second kappa shape index (κ2) is 6.61. The average molecular weight is 278 g/mol. The van der Waals surface area contributed by atoms with E-state index in [1.165, 1.54) is 0 Å². The first-order valence-electron chi connectivity index (χ1n) is 6.92. The molecule has 0 aromatic heterocycles. The molecule has 5 heteroatoms. The molecule has 0 unspecified atom stereocenters. The van der Waals surface area contributed by atoms with Gasteiger partial charge in [0.05, 0.1) is 19.9 Å². The van der Waals surface area contributed by atoms with E-state index in [1.54, 1.807) is 32.4 Å². The van der Waals surface area contributed by atoms with Gasteiger partial charge in [-0.2, -0.15) is 0 Å². The average Bonchev–Trinajstić information content (AvgIpc) is 2.95. The van der Waals surface area contributed by atoms with E-state index in [9.17, 15) is 4.79 Å². The molecule has 2 atom stereocenters. The molecule has 5 nitrogen and oxygen atoms in total. The van der Waals surface area contributed by atoms with Crippen LogP contribution < -0.4 is 20.5 Å². The highest BCUT2D eigenvalue weighted by Crippen LogP contribution is 2.34. The van der Waals surface area contributed by atoms with E-state index in [4.69, 9.17) is 15.2 Å². The van der Waals surface area contributed by atoms with Gasteiger partial charge in [0.15, 0.2) is 0 Å². The minimum atomic E-state index is -0.00379. The normalized spacial score (nSPS) is 21.6. The first kappa shape index (κ1) is 14.7. The molecular formula is C15H22N2O3. The van der Waals surface area contributed by atoms with Crippen molar-refractivity contribution >= 4 is 11.6 Å². The van der Waals surface area contributed by atoms with E-state index in [0.29, 0.717) is 23.7 Å². The number of benzene rings is 1. The van der Waals surface area contributed by atoms with Crippen LogP contribution in [0.25, 0.3) is 0 Å². The molecule has 1 amide bonds. The van der Waals surface area contributed by atoms with Gasteiger partial charge in [-0.25, -0.2) is 0 Å². The number of ether oxygens (including phenoxy) is 2. The third-order valence-corrected chi connectivity index (χ3v) is 3.96. The Kier molecular flexibility index (Phi) is 4.84. The lowest BCUT2D eigenvalue weighted by Crippen LogP contribution is -2.29. The summed E-state index contributed by atoms with van der Waals surface area (Å²) in [7, 11) is 3.17. The SMILES string of the molecule is COc1ccc(OC)c(NC(=O)[C@@H]2CCC[C@@H]2CN)c1. The zero-order chi connectivity index (χ0) is 14.5. The van der Waals surface area contributed by atoms with Gasteiger partial charge >= 0.3 is 0 Å². The summed E-state index contributed by atoms with van der Waals surface area (Å²) in [6.45, 7) is 0.563. The van der Waals surface area contributed by atoms with Crippen LogP contribution >= 0.6 is 0 Å². The Bertz CT molecular complexity index is 476. The summed E-state index contributed by atoms with van der Waals surface area (Å²) >= 11 is 0. The van der Waals surface area contributed by atoms with Crippen LogP contribution in [-0.4, -0.2) is 26.7 Å². The number of anilines is 1. The number of methoxy groups -OCH3 is 2. The van der Waals surface area contributed by atoms with Crippen LogP contribution in [0.15, 0.2) is 18.2 Å². The largest absolute Gasteiger partial charge is 0.497 e. The van der Waals surface area contributed by atoms with Crippen molar-refractivity contribution in [3.63, 3.8) is 0 Å². The van der Waals surface area contributed by atoms with Gasteiger partial charge < -0.3 is 20.5 Å². The zero-order valence-electron chi connectivity index (χ0n) is 12.0. The maximum absolute atomic E-state index is 12.4. The Morgan fingerprint density at radius 1 is 1.35 bits per heavy atom. The molecule has 0 aliphatic heterocycles. The molecule has 20 heavy (non-hydrogen) atoms. The lowest BCUT2D eigenvalue weighted by molar-refractivity contribution is -0.120. The number of nitrogens with one attached hydrogen (secondary N) is 1. The highest BCUT2D eigenvalue weighted by atomic mass is 16.5. The quantitative estimate of drug-likeness (QED) is 0.864. The first-order chi connectivity index (χ1) is 9.69. The van der Waals surface area contributed by atoms with E-state index in [2.05, 4.69) is 5.32 Å². The molecule has 2 rings (SSSR count). The van der Waals surface area contributed by atoms with Crippen LogP contribution in [0.5, 0.6) is 11.5 Å². The highest BCUT2D eigenvalue weighted by Gasteiger charge is 2.32. The maximum atomic E-state index is 12.4. The van der Waals surface area contributed by atoms with Crippen molar-refractivity contribution < 1.29 is 14.3 Å². The van der Waals surface area contributed by atoms with E-state index in [-0.39, 0.29) is 17.7 Å². The van der Waals surface area contributed by atoms with Gasteiger partial charge in [0.1, 0.15) is 11.5 Å². The van der Waals surface area contributed by atoms with Crippen molar-refractivity contribution in [3.8, 4) is 11.5 Å². The monoisotopic (exact) mass is 278 g/mol. The van der Waals surface area contributed by atoms with Crippen LogP contribution in [0, 0.1) is 11.8 Å². The molecule has 0 bridgehead atoms. The van der Waals surface area contributed by atoms with Gasteiger partial charge in [0.2, 0.25) is 5.91 Å². The Hall–Kier alpha value is -1.75. The molecule has 0 radical (unpaired) electrons. The zero-order valence-corrected chi connectivity index (χ0v) is 12.0. The predicted molar refractivity (Wildman–Crippen MR) is 78.1 cm³/mol. The van der Waals surface area contributed by atoms with Crippen molar-refractivity contribution in [2.75, 3.05) is 26.1 Å². The van der Waals surface area contributed by atoms with Crippen molar-refractivity contribution in [3.05, 3.63) is 18.2 Å². The summed E-state index contributed by atoms with van der Waals surface area (Å²) in [6.07, 6.45) is 3.00. The maximum Gasteiger partial charge on any atom is 0.227 e. The second-order valence-corrected chi connectivity index (χ2v) is 5.09. The molecule has 1 aromatic rings. The van der Waals surface area contributed by atoms with Gasteiger partial charge in [-0.1, -0.05) is 6.42 Å². The summed E-state index contributed by atoms with van der Waals surface area (Å²) < 4.78 is 10.4. The molecule has 0 heterocycles. The number of carbonyl (C=O) groups excluding carboxylic acids is 1. The fourth-order valence-electron chi connectivity index (χ4n) is 2.80. The molecule has 0 saturated heterocycles. The molecular weight excluding hydrogens is 256 g/mol. The summed E-state index contributed by atoms with van der Waals surface area (Å²) in [4.78, 5) is 12.4. The van der Waals surface area contributed by atoms with Crippen molar-refractivity contribution in [1.82, 2.24) is 0 Å². The number of rotatable bonds is 5. The lowest BCUT2D eigenvalue weighted by atomic mass is 9.95. The third-order valence-electron chi connectivity index (χ3n) is 3.96. The Labute approximate surface area is 119 Å². The van der Waals surface area contributed by atoms with E-state index in [0.717, 1.165) is 19.3 Å². The third kappa shape index (κ3) is 3.04. The number of hydrogen-bond acceptors (Lipinski definition) is 4. The van der Waals surface area contributed by atoms with E-state index < -0.39 is 0 Å². The van der Waals surface area contributed by atoms with Crippen LogP contribution in [-0.2, 0) is 4.79 Å². The Morgan fingerprint density at radius 2 is 2.15 bits per heavy atom. The molecule has 1 aliphatic carbocycles. The molecule has 3 N–H and O–H groups in total. The van der Waals surface area contributed by atoms with Gasteiger partial charge in [0, 0.05) is 12.0 Å². The topological polar surface area (TPSA) is 73.6 Å². The standard InChI is InChI=1S/C15H22N2O3/c1-19-11-6-7-14(20-2)13(8-11)17-15(18)12-5-3-4-10(12)9-16/h6-8,10,12H,3-5,9,16H2,1-2H3,(H,17,18)/t10-,12-/m1/s1. The van der Waals surface area contributed by atoms with Gasteiger partial charge in [0.25, 0.3) is 0 Å². The summed E-state index contributed by atoms with van der Waals surface area (Å²) in [5, 5.41) is 2.94. The highest BCUT2D eigenvalue weighted by molar-refractivity contribution is 5.94. The van der Waals surface area contributed by atoms with Gasteiger partial charge in [-0.15, -0.1) is 0 Å². The minimum Gasteiger partial charge on any atom is -0.497 e. The number of carbonyl (C=O) groups is 1. The van der Waals surface area contributed by atoms with Crippen molar-refractivity contribution in [2.24, 2.45) is 17.6 Å². The second-order valence-electron chi connectivity index (χ2n) is 5.09. The van der Waals surface area contributed by atoms with Crippen LogP contribution in [0.4, 0.5) is 5.69 Å². The number of nitrogens with two attached hydrogens (primary N) is 1. The lowest BCUT2D eigenvalue weighted by Gasteiger charge is -2.18. The van der Waals surface area contributed by atoms with Crippen molar-refractivity contribution in [1.29, 1.82) is 0 Å². The molecule has 1 fully saturated rings. The molecule has 0 spiro atoms. The van der Waals surface area contributed by atoms with Gasteiger partial charge in [-0.3, -0.25) is 4.79 Å². The smallest absolute Gasteiger partial charge is 0.227 e. The summed E-state index contributed by atoms with van der Waals surface area (Å²) in [5.74, 6) is 1.61. The first-order valence-corrected chi connectivity index (χ1v) is 6.92. The van der Waals surface area contributed by atoms with E-state index in [1.807, 2.05) is 0 Å². The fourth-order valence-corrected chi connectivity index (χ4v) is 2.80. The predicted octanol–water partition coefficient (Wildman–Crippen LogP) is 2.02. The molecule has 110 valence electrons. The van der Waals surface area contributed by atoms with Gasteiger partial charge in [-0.05, 0) is 37.4 Å². The molecule has 1 saturated carbocycles. The fraction of sp³-hybridized carbons (Fsp3) is 0.533. The minimum absolute atomic E-state index is 0.00379. The van der Waals surface area contributed by atoms with E-state index >= 15 is 0 Å². The number of amides is 1. The Balaban J connectivity index is 2.14. The summed E-state index contributed by atoms with van der Waals surface area (Å²) in [6, 6.07) is 5.35. The Morgan fingerprint density at radius 3 is 2.80 bits per heavy atom. The van der Waals surface area contributed by atoms with Crippen LogP contribution in [0.1, 0.15) is 19.3 Å². The summed E-state index contributed by atoms with van der Waals surface area (Å²) in [5.41, 5.74) is 6.37. The van der Waals surface area contributed by atoms with Crippen molar-refractivity contribution in [2.45, 2.75) is 19.3 Å². The molecule has 1 aromatic carbocycles.